The Bertz CT molecular complexity index is 1670. The molecule has 5 rings (SSSR count). The van der Waals surface area contributed by atoms with Crippen LogP contribution in [0.4, 0.5) is 0 Å². The summed E-state index contributed by atoms with van der Waals surface area (Å²) in [6.07, 6.45) is 5.97. The molecule has 1 saturated heterocycles. The molecule has 10 heteroatoms. The topological polar surface area (TPSA) is 137 Å². The van der Waals surface area contributed by atoms with E-state index in [0.717, 1.165) is 24.0 Å². The summed E-state index contributed by atoms with van der Waals surface area (Å²) in [6, 6.07) is 13.0. The van der Waals surface area contributed by atoms with E-state index in [2.05, 4.69) is 21.4 Å². The van der Waals surface area contributed by atoms with Crippen LogP contribution in [0.2, 0.25) is 0 Å². The van der Waals surface area contributed by atoms with Gasteiger partial charge in [-0.25, -0.2) is 4.98 Å². The molecule has 1 aliphatic rings. The van der Waals surface area contributed by atoms with E-state index in [9.17, 15) is 14.9 Å². The zero-order valence-corrected chi connectivity index (χ0v) is 24.5. The van der Waals surface area contributed by atoms with Crippen molar-refractivity contribution in [2.45, 2.75) is 45.6 Å². The van der Waals surface area contributed by atoms with Gasteiger partial charge in [-0.15, -0.1) is 0 Å². The third kappa shape index (κ3) is 7.01. The average Bonchev–Trinajstić information content (AvgIpc) is 3.47. The fourth-order valence-electron chi connectivity index (χ4n) is 4.97. The van der Waals surface area contributed by atoms with Crippen molar-refractivity contribution >= 4 is 22.8 Å². The molecule has 1 unspecified atom stereocenters. The number of rotatable bonds is 11. The van der Waals surface area contributed by atoms with Gasteiger partial charge in [0.1, 0.15) is 40.7 Å². The maximum absolute atomic E-state index is 12.8. The van der Waals surface area contributed by atoms with Crippen molar-refractivity contribution in [2.75, 3.05) is 26.9 Å². The van der Waals surface area contributed by atoms with Crippen molar-refractivity contribution in [2.24, 2.45) is 5.92 Å². The van der Waals surface area contributed by atoms with Crippen LogP contribution >= 0.6 is 0 Å². The van der Waals surface area contributed by atoms with Crippen LogP contribution in [0.3, 0.4) is 0 Å². The predicted octanol–water partition coefficient (Wildman–Crippen LogP) is 5.73. The fourth-order valence-corrected chi connectivity index (χ4v) is 4.97. The van der Waals surface area contributed by atoms with Gasteiger partial charge < -0.3 is 28.7 Å². The lowest BCUT2D eigenvalue weighted by molar-refractivity contribution is -0.117. The molecule has 0 aliphatic carbocycles. The van der Waals surface area contributed by atoms with Crippen molar-refractivity contribution in [1.82, 2.24) is 15.3 Å². The third-order valence-corrected chi connectivity index (χ3v) is 7.45. The quantitative estimate of drug-likeness (QED) is 0.235. The third-order valence-electron chi connectivity index (χ3n) is 7.45. The van der Waals surface area contributed by atoms with Crippen LogP contribution in [0.15, 0.2) is 53.2 Å². The van der Waals surface area contributed by atoms with E-state index in [1.165, 1.54) is 13.3 Å². The van der Waals surface area contributed by atoms with E-state index in [4.69, 9.17) is 18.6 Å². The first-order chi connectivity index (χ1) is 20.9. The summed E-state index contributed by atoms with van der Waals surface area (Å²) < 4.78 is 23.4. The lowest BCUT2D eigenvalue weighted by atomic mass is 10.0. The summed E-state index contributed by atoms with van der Waals surface area (Å²) in [5, 5.41) is 12.8. The van der Waals surface area contributed by atoms with E-state index >= 15 is 0 Å². The molecule has 0 spiro atoms. The minimum absolute atomic E-state index is 0.0215. The van der Waals surface area contributed by atoms with Gasteiger partial charge in [0.15, 0.2) is 11.3 Å². The molecule has 1 N–H and O–H groups in total. The van der Waals surface area contributed by atoms with Gasteiger partial charge in [0.25, 0.3) is 5.91 Å². The number of hydrogen-bond donors (Lipinski definition) is 1. The second kappa shape index (κ2) is 13.5. The molecule has 1 atom stereocenters. The van der Waals surface area contributed by atoms with Gasteiger partial charge in [0.05, 0.1) is 31.5 Å². The highest BCUT2D eigenvalue weighted by Crippen LogP contribution is 2.37. The number of nitrogens with zero attached hydrogens (tertiary/aromatic N) is 3. The van der Waals surface area contributed by atoms with Crippen molar-refractivity contribution in [3.8, 4) is 40.1 Å². The molecule has 1 aliphatic heterocycles. The van der Waals surface area contributed by atoms with Gasteiger partial charge in [-0.05, 0) is 49.1 Å². The number of nitriles is 1. The largest absolute Gasteiger partial charge is 0.494 e. The lowest BCUT2D eigenvalue weighted by Crippen LogP contribution is -2.28. The molecule has 0 saturated carbocycles. The molecular formula is C33H34N4O6. The summed E-state index contributed by atoms with van der Waals surface area (Å²) >= 11 is 0. The molecule has 0 radical (unpaired) electrons. The van der Waals surface area contributed by atoms with Crippen LogP contribution in [0.5, 0.6) is 11.5 Å². The lowest BCUT2D eigenvalue weighted by Gasteiger charge is -2.23. The molecule has 1 aromatic carbocycles. The second-order valence-corrected chi connectivity index (χ2v) is 10.8. The number of fused-ring (bicyclic) bond motifs is 1. The number of methoxy groups -OCH3 is 1. The Balaban J connectivity index is 1.38. The number of pyridine rings is 2. The molecule has 0 bridgehead atoms. The first-order valence-electron chi connectivity index (χ1n) is 14.4. The molecule has 4 aromatic rings. The molecular weight excluding hydrogens is 548 g/mol. The Hall–Kier alpha value is -4.75. The van der Waals surface area contributed by atoms with Crippen LogP contribution < -0.4 is 14.8 Å². The van der Waals surface area contributed by atoms with Crippen LogP contribution in [-0.4, -0.2) is 54.6 Å². The number of carbonyl (C=O) groups is 2. The first-order valence-corrected chi connectivity index (χ1v) is 14.4. The molecule has 10 nitrogen and oxygen atoms in total. The van der Waals surface area contributed by atoms with E-state index in [1.807, 2.05) is 25.1 Å². The number of Topliss-reactive ketones (excluding diaryl/α,β-unsaturated/α-hetero) is 1. The fraction of sp³-hybridized carbons (Fsp3) is 0.364. The van der Waals surface area contributed by atoms with Crippen molar-refractivity contribution < 1.29 is 28.2 Å². The van der Waals surface area contributed by atoms with Crippen LogP contribution in [0.25, 0.3) is 33.7 Å². The highest BCUT2D eigenvalue weighted by molar-refractivity contribution is 5.96. The average molecular weight is 583 g/mol. The van der Waals surface area contributed by atoms with Gasteiger partial charge in [-0.2, -0.15) is 5.26 Å². The summed E-state index contributed by atoms with van der Waals surface area (Å²) in [7, 11) is 1.51. The van der Waals surface area contributed by atoms with Crippen LogP contribution in [0.1, 0.15) is 55.5 Å². The number of furan rings is 1. The summed E-state index contributed by atoms with van der Waals surface area (Å²) in [4.78, 5) is 33.0. The number of nitrogens with one attached hydrogen (secondary N) is 1. The number of hydrogen-bond acceptors (Lipinski definition) is 9. The molecule has 43 heavy (non-hydrogen) atoms. The highest BCUT2D eigenvalue weighted by atomic mass is 16.5. The predicted molar refractivity (Wildman–Crippen MR) is 160 cm³/mol. The van der Waals surface area contributed by atoms with Crippen molar-refractivity contribution in [1.29, 1.82) is 5.26 Å². The Kier molecular flexibility index (Phi) is 9.32. The monoisotopic (exact) mass is 582 g/mol. The summed E-state index contributed by atoms with van der Waals surface area (Å²) in [6.45, 7) is 5.31. The normalized spacial score (nSPS) is 14.2. The number of benzene rings is 1. The molecule has 3 aromatic heterocycles. The minimum atomic E-state index is -0.280. The zero-order chi connectivity index (χ0) is 30.3. The number of carbonyl (C=O) groups excluding carboxylic acids is 2. The summed E-state index contributed by atoms with van der Waals surface area (Å²) in [5.74, 6) is 1.37. The van der Waals surface area contributed by atoms with Crippen LogP contribution in [0, 0.1) is 17.2 Å². The van der Waals surface area contributed by atoms with Crippen molar-refractivity contribution in [3.05, 3.63) is 59.9 Å². The number of amides is 1. The van der Waals surface area contributed by atoms with Crippen molar-refractivity contribution in [3.63, 3.8) is 0 Å². The zero-order valence-electron chi connectivity index (χ0n) is 24.5. The number of ketones is 1. The standard InChI is InChI=1S/C33H34N4O6/c1-20(4-5-21(2)38)18-37-33(39)24-15-29(40-3)31(36-19-24)30-16-27-32(43-30)26(8-11-35-27)22-6-7-28(23(14-22)17-34)42-25-9-12-41-13-10-25/h6-8,11,14-16,19-20,25H,4-5,9-10,12-13,18H2,1-3H3,(H,37,39). The smallest absolute Gasteiger partial charge is 0.252 e. The SMILES string of the molecule is COc1cc(C(=O)NCC(C)CCC(C)=O)cnc1-c1cc2nccc(-c3ccc(OC4CCOCC4)c(C#N)c3)c2o1. The second-order valence-electron chi connectivity index (χ2n) is 10.8. The summed E-state index contributed by atoms with van der Waals surface area (Å²) in [5.41, 5.74) is 3.90. The van der Waals surface area contributed by atoms with Gasteiger partial charge in [0, 0.05) is 49.8 Å². The molecule has 222 valence electrons. The van der Waals surface area contributed by atoms with Gasteiger partial charge in [-0.1, -0.05) is 13.0 Å². The van der Waals surface area contributed by atoms with E-state index < -0.39 is 0 Å². The number of ether oxygens (including phenoxy) is 3. The Morgan fingerprint density at radius 1 is 1.14 bits per heavy atom. The van der Waals surface area contributed by atoms with Gasteiger partial charge in [0.2, 0.25) is 0 Å². The van der Waals surface area contributed by atoms with Gasteiger partial charge >= 0.3 is 0 Å². The number of aromatic nitrogens is 2. The first kappa shape index (κ1) is 29.7. The Morgan fingerprint density at radius 2 is 1.95 bits per heavy atom. The highest BCUT2D eigenvalue weighted by Gasteiger charge is 2.21. The minimum Gasteiger partial charge on any atom is -0.494 e. The van der Waals surface area contributed by atoms with Gasteiger partial charge in [-0.3, -0.25) is 9.78 Å². The Labute approximate surface area is 250 Å². The molecule has 4 heterocycles. The van der Waals surface area contributed by atoms with E-state index in [0.29, 0.717) is 77.8 Å². The maximum Gasteiger partial charge on any atom is 0.252 e. The molecule has 1 fully saturated rings. The van der Waals surface area contributed by atoms with E-state index in [1.54, 1.807) is 31.3 Å². The Morgan fingerprint density at radius 3 is 2.70 bits per heavy atom. The maximum atomic E-state index is 12.8. The molecule has 1 amide bonds. The van der Waals surface area contributed by atoms with Crippen LogP contribution in [-0.2, 0) is 9.53 Å². The van der Waals surface area contributed by atoms with E-state index in [-0.39, 0.29) is 23.7 Å².